The second-order valence-electron chi connectivity index (χ2n) is 4.76. The van der Waals surface area contributed by atoms with Crippen LogP contribution in [0.4, 0.5) is 0 Å². The molecule has 1 aromatic carbocycles. The fraction of sp³-hybridized carbons (Fsp3) is 0.357. The van der Waals surface area contributed by atoms with Crippen LogP contribution in [0.2, 0.25) is 0 Å². The molecule has 0 aliphatic carbocycles. The van der Waals surface area contributed by atoms with Crippen molar-refractivity contribution in [3.8, 4) is 11.5 Å². The third kappa shape index (κ3) is 2.53. The Morgan fingerprint density at radius 1 is 1.30 bits per heavy atom. The molecule has 0 amide bonds. The van der Waals surface area contributed by atoms with Crippen LogP contribution in [-0.2, 0) is 20.1 Å². The van der Waals surface area contributed by atoms with Crippen LogP contribution < -0.4 is 14.8 Å². The van der Waals surface area contributed by atoms with Gasteiger partial charge in [-0.1, -0.05) is 6.07 Å². The van der Waals surface area contributed by atoms with Crippen LogP contribution in [0.3, 0.4) is 0 Å². The highest BCUT2D eigenvalue weighted by atomic mass is 79.9. The lowest BCUT2D eigenvalue weighted by molar-refractivity contribution is 0.174. The molecule has 1 aliphatic rings. The van der Waals surface area contributed by atoms with E-state index in [2.05, 4.69) is 26.3 Å². The quantitative estimate of drug-likeness (QED) is 0.931. The maximum atomic E-state index is 5.37. The molecule has 2 heterocycles. The predicted octanol–water partition coefficient (Wildman–Crippen LogP) is 2.51. The van der Waals surface area contributed by atoms with E-state index in [1.54, 1.807) is 0 Å². The molecule has 1 aliphatic heterocycles. The second kappa shape index (κ2) is 5.46. The Bertz CT molecular complexity index is 640. The smallest absolute Gasteiger partial charge is 0.231 e. The monoisotopic (exact) mass is 337 g/mol. The van der Waals surface area contributed by atoms with Crippen molar-refractivity contribution in [1.29, 1.82) is 0 Å². The van der Waals surface area contributed by atoms with Gasteiger partial charge in [-0.2, -0.15) is 5.10 Å². The highest BCUT2D eigenvalue weighted by Crippen LogP contribution is 2.32. The lowest BCUT2D eigenvalue weighted by Crippen LogP contribution is -2.15. The first kappa shape index (κ1) is 13.5. The summed E-state index contributed by atoms with van der Waals surface area (Å²) in [6.07, 6.45) is 0. The van der Waals surface area contributed by atoms with E-state index in [-0.39, 0.29) is 0 Å². The number of ether oxygens (including phenoxy) is 2. The van der Waals surface area contributed by atoms with Crippen LogP contribution in [0.1, 0.15) is 17.0 Å². The van der Waals surface area contributed by atoms with Crippen LogP contribution in [0.25, 0.3) is 0 Å². The Morgan fingerprint density at radius 3 is 2.85 bits per heavy atom. The Kier molecular flexibility index (Phi) is 3.67. The highest BCUT2D eigenvalue weighted by molar-refractivity contribution is 9.10. The van der Waals surface area contributed by atoms with Gasteiger partial charge in [0.1, 0.15) is 0 Å². The summed E-state index contributed by atoms with van der Waals surface area (Å²) in [5.41, 5.74) is 3.32. The molecule has 1 N–H and O–H groups in total. The van der Waals surface area contributed by atoms with Gasteiger partial charge < -0.3 is 14.8 Å². The van der Waals surface area contributed by atoms with E-state index in [9.17, 15) is 0 Å². The number of hydrogen-bond acceptors (Lipinski definition) is 4. The third-order valence-electron chi connectivity index (χ3n) is 3.32. The first-order valence-corrected chi connectivity index (χ1v) is 7.21. The summed E-state index contributed by atoms with van der Waals surface area (Å²) in [6, 6.07) is 6.01. The Balaban J connectivity index is 1.63. The fourth-order valence-corrected chi connectivity index (χ4v) is 2.72. The van der Waals surface area contributed by atoms with E-state index >= 15 is 0 Å². The van der Waals surface area contributed by atoms with Crippen molar-refractivity contribution in [2.45, 2.75) is 20.0 Å². The van der Waals surface area contributed by atoms with Gasteiger partial charge in [0.25, 0.3) is 0 Å². The average Bonchev–Trinajstić information content (AvgIpc) is 2.98. The van der Waals surface area contributed by atoms with Crippen molar-refractivity contribution < 1.29 is 9.47 Å². The number of fused-ring (bicyclic) bond motifs is 1. The number of nitrogens with zero attached hydrogens (tertiary/aromatic N) is 2. The summed E-state index contributed by atoms with van der Waals surface area (Å²) < 4.78 is 13.6. The average molecular weight is 338 g/mol. The first-order valence-electron chi connectivity index (χ1n) is 6.42. The number of aryl methyl sites for hydroxylation is 2. The number of halogens is 1. The zero-order chi connectivity index (χ0) is 14.1. The Hall–Kier alpha value is -1.53. The molecule has 0 bridgehead atoms. The molecule has 1 aromatic heterocycles. The number of nitrogens with one attached hydrogen (secondary N) is 1. The van der Waals surface area contributed by atoms with Crippen LogP contribution in [-0.4, -0.2) is 16.6 Å². The largest absolute Gasteiger partial charge is 0.454 e. The minimum absolute atomic E-state index is 0.313. The van der Waals surface area contributed by atoms with Gasteiger partial charge >= 0.3 is 0 Å². The summed E-state index contributed by atoms with van der Waals surface area (Å²) in [4.78, 5) is 0. The maximum absolute atomic E-state index is 5.37. The molecule has 0 unspecified atom stereocenters. The van der Waals surface area contributed by atoms with Gasteiger partial charge in [-0.25, -0.2) is 0 Å². The van der Waals surface area contributed by atoms with Crippen LogP contribution in [0.15, 0.2) is 22.7 Å². The summed E-state index contributed by atoms with van der Waals surface area (Å²) in [5, 5.41) is 7.79. The molecule has 3 rings (SSSR count). The van der Waals surface area contributed by atoms with Gasteiger partial charge in [-0.3, -0.25) is 4.68 Å². The molecule has 0 saturated carbocycles. The molecule has 0 spiro atoms. The summed E-state index contributed by atoms with van der Waals surface area (Å²) in [6.45, 7) is 3.83. The van der Waals surface area contributed by atoms with E-state index < -0.39 is 0 Å². The van der Waals surface area contributed by atoms with Crippen molar-refractivity contribution in [3.63, 3.8) is 0 Å². The maximum Gasteiger partial charge on any atom is 0.231 e. The molecule has 0 atom stereocenters. The molecule has 0 fully saturated rings. The lowest BCUT2D eigenvalue weighted by atomic mass is 10.2. The highest BCUT2D eigenvalue weighted by Gasteiger charge is 2.13. The van der Waals surface area contributed by atoms with E-state index in [0.29, 0.717) is 6.79 Å². The van der Waals surface area contributed by atoms with E-state index in [4.69, 9.17) is 9.47 Å². The third-order valence-corrected chi connectivity index (χ3v) is 4.35. The zero-order valence-electron chi connectivity index (χ0n) is 11.4. The molecule has 6 heteroatoms. The second-order valence-corrected chi connectivity index (χ2v) is 5.55. The number of hydrogen-bond donors (Lipinski definition) is 1. The van der Waals surface area contributed by atoms with Crippen LogP contribution in [0.5, 0.6) is 11.5 Å². The van der Waals surface area contributed by atoms with E-state index in [0.717, 1.165) is 40.4 Å². The van der Waals surface area contributed by atoms with Crippen molar-refractivity contribution in [2.75, 3.05) is 6.79 Å². The standard InChI is InChI=1S/C14H16BrN3O2/c1-9-14(15)11(18(2)17-9)7-16-6-10-3-4-12-13(5-10)20-8-19-12/h3-5,16H,6-8H2,1-2H3. The normalized spacial score (nSPS) is 12.9. The Labute approximate surface area is 126 Å². The molecule has 20 heavy (non-hydrogen) atoms. The van der Waals surface area contributed by atoms with Gasteiger partial charge in [-0.05, 0) is 40.5 Å². The number of aromatic nitrogens is 2. The SMILES string of the molecule is Cc1nn(C)c(CNCc2ccc3c(c2)OCO3)c1Br. The summed E-state index contributed by atoms with van der Waals surface area (Å²) in [7, 11) is 1.95. The molecule has 5 nitrogen and oxygen atoms in total. The molecule has 106 valence electrons. The fourth-order valence-electron chi connectivity index (χ4n) is 2.25. The molecule has 0 saturated heterocycles. The zero-order valence-corrected chi connectivity index (χ0v) is 13.0. The summed E-state index contributed by atoms with van der Waals surface area (Å²) in [5.74, 6) is 1.64. The molecule has 0 radical (unpaired) electrons. The van der Waals surface area contributed by atoms with Gasteiger partial charge in [0, 0.05) is 20.1 Å². The van der Waals surface area contributed by atoms with Gasteiger partial charge in [0.15, 0.2) is 11.5 Å². The molecular formula is C14H16BrN3O2. The van der Waals surface area contributed by atoms with Gasteiger partial charge in [-0.15, -0.1) is 0 Å². The minimum Gasteiger partial charge on any atom is -0.454 e. The Morgan fingerprint density at radius 2 is 2.10 bits per heavy atom. The van der Waals surface area contributed by atoms with E-state index in [1.807, 2.05) is 36.9 Å². The van der Waals surface area contributed by atoms with E-state index in [1.165, 1.54) is 5.56 Å². The predicted molar refractivity (Wildman–Crippen MR) is 78.8 cm³/mol. The van der Waals surface area contributed by atoms with Gasteiger partial charge in [0.05, 0.1) is 15.9 Å². The topological polar surface area (TPSA) is 48.3 Å². The lowest BCUT2D eigenvalue weighted by Gasteiger charge is -2.07. The van der Waals surface area contributed by atoms with Crippen LogP contribution >= 0.6 is 15.9 Å². The van der Waals surface area contributed by atoms with Crippen molar-refractivity contribution in [1.82, 2.24) is 15.1 Å². The van der Waals surface area contributed by atoms with Crippen molar-refractivity contribution in [2.24, 2.45) is 7.05 Å². The van der Waals surface area contributed by atoms with Gasteiger partial charge in [0.2, 0.25) is 6.79 Å². The molecular weight excluding hydrogens is 322 g/mol. The van der Waals surface area contributed by atoms with Crippen molar-refractivity contribution >= 4 is 15.9 Å². The van der Waals surface area contributed by atoms with Crippen molar-refractivity contribution in [3.05, 3.63) is 39.6 Å². The van der Waals surface area contributed by atoms with Crippen LogP contribution in [0, 0.1) is 6.92 Å². The molecule has 2 aromatic rings. The first-order chi connectivity index (χ1) is 9.65. The minimum atomic E-state index is 0.313. The number of rotatable bonds is 4. The summed E-state index contributed by atoms with van der Waals surface area (Å²) >= 11 is 3.57. The number of benzene rings is 1.